The van der Waals surface area contributed by atoms with E-state index in [1.807, 2.05) is 0 Å². The minimum absolute atomic E-state index is 0.429. The van der Waals surface area contributed by atoms with E-state index in [4.69, 9.17) is 11.6 Å². The summed E-state index contributed by atoms with van der Waals surface area (Å²) in [5.74, 6) is 1.16. The van der Waals surface area contributed by atoms with Gasteiger partial charge in [0.05, 0.1) is 0 Å². The Morgan fingerprint density at radius 1 is 1.35 bits per heavy atom. The zero-order valence-corrected chi connectivity index (χ0v) is 14.2. The van der Waals surface area contributed by atoms with Crippen molar-refractivity contribution in [3.8, 4) is 0 Å². The Kier molecular flexibility index (Phi) is 6.73. The van der Waals surface area contributed by atoms with Gasteiger partial charge in [0, 0.05) is 22.1 Å². The number of rotatable bonds is 7. The Bertz CT molecular complexity index is 415. The first-order valence-electron chi connectivity index (χ1n) is 7.81. The van der Waals surface area contributed by atoms with Crippen molar-refractivity contribution in [1.82, 2.24) is 5.32 Å². The summed E-state index contributed by atoms with van der Waals surface area (Å²) >= 11 is 8.43. The van der Waals surface area contributed by atoms with Gasteiger partial charge in [0.25, 0.3) is 0 Å². The molecule has 1 aliphatic rings. The standard InChI is InChI=1S/C17H26ClNS/c1-3-10-19-17(12-20-15-6-4-5-7-15)14-9-8-13(2)16(18)11-14/h8-9,11,15,17,19H,3-7,10,12H2,1-2H3. The van der Waals surface area contributed by atoms with E-state index in [9.17, 15) is 0 Å². The van der Waals surface area contributed by atoms with Crippen LogP contribution in [0.5, 0.6) is 0 Å². The summed E-state index contributed by atoms with van der Waals surface area (Å²) in [6.07, 6.45) is 6.81. The van der Waals surface area contributed by atoms with Crippen LogP contribution in [0, 0.1) is 6.92 Å². The first-order valence-corrected chi connectivity index (χ1v) is 9.24. The smallest absolute Gasteiger partial charge is 0.0438 e. The van der Waals surface area contributed by atoms with Gasteiger partial charge in [-0.3, -0.25) is 0 Å². The molecule has 1 aromatic rings. The molecular weight excluding hydrogens is 286 g/mol. The molecule has 20 heavy (non-hydrogen) atoms. The van der Waals surface area contributed by atoms with Crippen molar-refractivity contribution in [3.05, 3.63) is 34.3 Å². The molecule has 0 aliphatic heterocycles. The third-order valence-electron chi connectivity index (χ3n) is 4.04. The van der Waals surface area contributed by atoms with Crippen molar-refractivity contribution in [3.63, 3.8) is 0 Å². The number of hydrogen-bond acceptors (Lipinski definition) is 2. The molecule has 0 amide bonds. The summed E-state index contributed by atoms with van der Waals surface area (Å²) in [5.41, 5.74) is 2.49. The largest absolute Gasteiger partial charge is 0.309 e. The lowest BCUT2D eigenvalue weighted by molar-refractivity contribution is 0.576. The lowest BCUT2D eigenvalue weighted by Gasteiger charge is -2.21. The quantitative estimate of drug-likeness (QED) is 0.727. The molecule has 0 saturated heterocycles. The summed E-state index contributed by atoms with van der Waals surface area (Å²) < 4.78 is 0. The van der Waals surface area contributed by atoms with Gasteiger partial charge < -0.3 is 5.32 Å². The monoisotopic (exact) mass is 311 g/mol. The van der Waals surface area contributed by atoms with Crippen LogP contribution in [0.4, 0.5) is 0 Å². The highest BCUT2D eigenvalue weighted by atomic mass is 35.5. The third-order valence-corrected chi connectivity index (χ3v) is 5.92. The van der Waals surface area contributed by atoms with Gasteiger partial charge in [-0.15, -0.1) is 0 Å². The maximum atomic E-state index is 6.28. The molecule has 1 aromatic carbocycles. The molecular formula is C17H26ClNS. The fraction of sp³-hybridized carbons (Fsp3) is 0.647. The van der Waals surface area contributed by atoms with Gasteiger partial charge >= 0.3 is 0 Å². The maximum absolute atomic E-state index is 6.28. The highest BCUT2D eigenvalue weighted by Gasteiger charge is 2.19. The van der Waals surface area contributed by atoms with E-state index in [0.29, 0.717) is 6.04 Å². The highest BCUT2D eigenvalue weighted by molar-refractivity contribution is 7.99. The molecule has 112 valence electrons. The van der Waals surface area contributed by atoms with Gasteiger partial charge in [-0.25, -0.2) is 0 Å². The van der Waals surface area contributed by atoms with Gasteiger partial charge in [-0.05, 0) is 49.9 Å². The molecule has 1 atom stereocenters. The van der Waals surface area contributed by atoms with Gasteiger partial charge in [-0.1, -0.05) is 43.5 Å². The molecule has 0 aromatic heterocycles. The maximum Gasteiger partial charge on any atom is 0.0438 e. The van der Waals surface area contributed by atoms with Crippen LogP contribution in [0.2, 0.25) is 5.02 Å². The first-order chi connectivity index (χ1) is 9.70. The molecule has 1 N–H and O–H groups in total. The topological polar surface area (TPSA) is 12.0 Å². The average Bonchev–Trinajstić information content (AvgIpc) is 2.95. The van der Waals surface area contributed by atoms with E-state index in [2.05, 4.69) is 49.1 Å². The van der Waals surface area contributed by atoms with Crippen molar-refractivity contribution >= 4 is 23.4 Å². The molecule has 0 spiro atoms. The van der Waals surface area contributed by atoms with Crippen LogP contribution in [0.3, 0.4) is 0 Å². The Hall–Kier alpha value is -0.180. The Morgan fingerprint density at radius 3 is 2.75 bits per heavy atom. The van der Waals surface area contributed by atoms with E-state index in [1.165, 1.54) is 37.7 Å². The molecule has 0 heterocycles. The van der Waals surface area contributed by atoms with Crippen LogP contribution < -0.4 is 5.32 Å². The molecule has 1 aliphatic carbocycles. The molecule has 2 rings (SSSR count). The van der Waals surface area contributed by atoms with E-state index in [-0.39, 0.29) is 0 Å². The molecule has 3 heteroatoms. The molecule has 1 fully saturated rings. The number of hydrogen-bond donors (Lipinski definition) is 1. The molecule has 0 radical (unpaired) electrons. The summed E-state index contributed by atoms with van der Waals surface area (Å²) in [6, 6.07) is 6.93. The predicted octanol–water partition coefficient (Wildman–Crippen LogP) is 5.36. The first kappa shape index (κ1) is 16.2. The van der Waals surface area contributed by atoms with Crippen LogP contribution in [0.15, 0.2) is 18.2 Å². The van der Waals surface area contributed by atoms with Gasteiger partial charge in [0.2, 0.25) is 0 Å². The second-order valence-electron chi connectivity index (χ2n) is 5.76. The van der Waals surface area contributed by atoms with E-state index < -0.39 is 0 Å². The van der Waals surface area contributed by atoms with Crippen LogP contribution in [-0.4, -0.2) is 17.5 Å². The Balaban J connectivity index is 1.99. The van der Waals surface area contributed by atoms with Crippen LogP contribution in [-0.2, 0) is 0 Å². The van der Waals surface area contributed by atoms with Crippen molar-refractivity contribution in [2.24, 2.45) is 0 Å². The second-order valence-corrected chi connectivity index (χ2v) is 7.50. The Labute approximate surface area is 132 Å². The van der Waals surface area contributed by atoms with E-state index in [0.717, 1.165) is 28.1 Å². The average molecular weight is 312 g/mol. The summed E-state index contributed by atoms with van der Waals surface area (Å²) in [6.45, 7) is 5.35. The Morgan fingerprint density at radius 2 is 2.10 bits per heavy atom. The SMILES string of the molecule is CCCNC(CSC1CCCC1)c1ccc(C)c(Cl)c1. The molecule has 1 saturated carbocycles. The van der Waals surface area contributed by atoms with Crippen LogP contribution >= 0.6 is 23.4 Å². The van der Waals surface area contributed by atoms with Gasteiger partial charge in [0.15, 0.2) is 0 Å². The molecule has 1 nitrogen and oxygen atoms in total. The molecule has 0 bridgehead atoms. The fourth-order valence-electron chi connectivity index (χ4n) is 2.70. The van der Waals surface area contributed by atoms with Gasteiger partial charge in [0.1, 0.15) is 0 Å². The number of nitrogens with one attached hydrogen (secondary N) is 1. The van der Waals surface area contributed by atoms with Crippen LogP contribution in [0.1, 0.15) is 56.2 Å². The van der Waals surface area contributed by atoms with Crippen molar-refractivity contribution in [2.75, 3.05) is 12.3 Å². The van der Waals surface area contributed by atoms with Gasteiger partial charge in [-0.2, -0.15) is 11.8 Å². The number of aryl methyl sites for hydroxylation is 1. The zero-order valence-electron chi connectivity index (χ0n) is 12.6. The normalized spacial score (nSPS) is 17.6. The number of benzene rings is 1. The minimum Gasteiger partial charge on any atom is -0.309 e. The summed E-state index contributed by atoms with van der Waals surface area (Å²) in [5, 5.41) is 5.44. The highest BCUT2D eigenvalue weighted by Crippen LogP contribution is 2.32. The zero-order chi connectivity index (χ0) is 14.4. The van der Waals surface area contributed by atoms with E-state index >= 15 is 0 Å². The lowest BCUT2D eigenvalue weighted by Crippen LogP contribution is -2.25. The van der Waals surface area contributed by atoms with E-state index in [1.54, 1.807) is 0 Å². The minimum atomic E-state index is 0.429. The predicted molar refractivity (Wildman–Crippen MR) is 91.9 cm³/mol. The number of thioether (sulfide) groups is 1. The second kappa shape index (κ2) is 8.31. The van der Waals surface area contributed by atoms with Crippen molar-refractivity contribution in [2.45, 2.75) is 57.2 Å². The van der Waals surface area contributed by atoms with Crippen molar-refractivity contribution in [1.29, 1.82) is 0 Å². The molecule has 1 unspecified atom stereocenters. The summed E-state index contributed by atoms with van der Waals surface area (Å²) in [7, 11) is 0. The van der Waals surface area contributed by atoms with Crippen molar-refractivity contribution < 1.29 is 0 Å². The fourth-order valence-corrected chi connectivity index (χ4v) is 4.34. The van der Waals surface area contributed by atoms with Crippen LogP contribution in [0.25, 0.3) is 0 Å². The lowest BCUT2D eigenvalue weighted by atomic mass is 10.1. The number of halogens is 1. The third kappa shape index (κ3) is 4.68. The summed E-state index contributed by atoms with van der Waals surface area (Å²) in [4.78, 5) is 0.